The molecule has 0 aromatic carbocycles. The fraction of sp³-hybridized carbons (Fsp3) is 1.00. The van der Waals surface area contributed by atoms with E-state index in [0.717, 1.165) is 18.9 Å². The normalized spacial score (nSPS) is 13.2. The van der Waals surface area contributed by atoms with Gasteiger partial charge in [0, 0.05) is 12.5 Å². The predicted octanol–water partition coefficient (Wildman–Crippen LogP) is 3.43. The smallest absolute Gasteiger partial charge is 0.389 e. The summed E-state index contributed by atoms with van der Waals surface area (Å²) in [6, 6.07) is 0.868. The first-order chi connectivity index (χ1) is 6.99. The minimum Gasteiger partial charge on any atom is -0.421 e. The summed E-state index contributed by atoms with van der Waals surface area (Å²) in [6.45, 7) is 4.15. The van der Waals surface area contributed by atoms with Crippen molar-refractivity contribution in [3.63, 3.8) is 0 Å². The Morgan fingerprint density at radius 3 is 2.20 bits per heavy atom. The molecule has 0 aliphatic rings. The SMILES string of the molecule is CCC(CC)O[SiH2]CCCCC(F)(F)F. The van der Waals surface area contributed by atoms with Gasteiger partial charge in [-0.25, -0.2) is 0 Å². The van der Waals surface area contributed by atoms with Crippen LogP contribution in [0.4, 0.5) is 13.2 Å². The van der Waals surface area contributed by atoms with Crippen LogP contribution in [0.1, 0.15) is 46.0 Å². The second kappa shape index (κ2) is 8.16. The molecule has 0 aromatic rings. The highest BCUT2D eigenvalue weighted by molar-refractivity contribution is 6.27. The van der Waals surface area contributed by atoms with Gasteiger partial charge in [-0.05, 0) is 25.3 Å². The summed E-state index contributed by atoms with van der Waals surface area (Å²) in [6.07, 6.45) is -1.38. The van der Waals surface area contributed by atoms with Crippen LogP contribution in [0.25, 0.3) is 0 Å². The molecular formula is C10H21F3OSi. The van der Waals surface area contributed by atoms with Gasteiger partial charge in [0.15, 0.2) is 9.76 Å². The Bertz CT molecular complexity index is 146. The van der Waals surface area contributed by atoms with Crippen LogP contribution in [0, 0.1) is 0 Å². The summed E-state index contributed by atoms with van der Waals surface area (Å²) < 4.78 is 41.0. The predicted molar refractivity (Wildman–Crippen MR) is 58.7 cm³/mol. The third-order valence-corrected chi connectivity index (χ3v) is 3.86. The van der Waals surface area contributed by atoms with Crippen LogP contribution in [-0.2, 0) is 4.43 Å². The molecule has 0 N–H and O–H groups in total. The van der Waals surface area contributed by atoms with E-state index in [1.807, 2.05) is 0 Å². The summed E-state index contributed by atoms with van der Waals surface area (Å²) in [5.41, 5.74) is 0. The number of hydrogen-bond acceptors (Lipinski definition) is 1. The van der Waals surface area contributed by atoms with Crippen molar-refractivity contribution in [3.05, 3.63) is 0 Å². The molecule has 0 unspecified atom stereocenters. The van der Waals surface area contributed by atoms with Gasteiger partial charge >= 0.3 is 6.18 Å². The second-order valence-corrected chi connectivity index (χ2v) is 5.18. The summed E-state index contributed by atoms with van der Waals surface area (Å²) in [7, 11) is -0.590. The van der Waals surface area contributed by atoms with Crippen molar-refractivity contribution < 1.29 is 17.6 Å². The molecule has 0 fully saturated rings. The maximum Gasteiger partial charge on any atom is 0.389 e. The molecule has 0 radical (unpaired) electrons. The first-order valence-electron chi connectivity index (χ1n) is 5.68. The van der Waals surface area contributed by atoms with Gasteiger partial charge in [-0.15, -0.1) is 0 Å². The average molecular weight is 242 g/mol. The largest absolute Gasteiger partial charge is 0.421 e. The van der Waals surface area contributed by atoms with Gasteiger partial charge in [-0.3, -0.25) is 0 Å². The Morgan fingerprint density at radius 2 is 1.73 bits per heavy atom. The standard InChI is InChI=1S/C10H21F3OSi/c1-3-9(4-2)14-15-8-6-5-7-10(11,12)13/h9H,3-8,15H2,1-2H3. The molecule has 0 amide bonds. The van der Waals surface area contributed by atoms with E-state index in [0.29, 0.717) is 12.5 Å². The van der Waals surface area contributed by atoms with Crippen molar-refractivity contribution in [1.29, 1.82) is 0 Å². The van der Waals surface area contributed by atoms with Crippen LogP contribution in [0.3, 0.4) is 0 Å². The zero-order valence-electron chi connectivity index (χ0n) is 9.57. The molecule has 0 spiro atoms. The van der Waals surface area contributed by atoms with Gasteiger partial charge in [-0.2, -0.15) is 13.2 Å². The molecule has 0 saturated carbocycles. The molecule has 0 aromatic heterocycles. The molecule has 0 aliphatic carbocycles. The van der Waals surface area contributed by atoms with Crippen LogP contribution >= 0.6 is 0 Å². The van der Waals surface area contributed by atoms with E-state index in [1.165, 1.54) is 0 Å². The van der Waals surface area contributed by atoms with Gasteiger partial charge in [0.05, 0.1) is 0 Å². The minimum absolute atomic E-state index is 0.253. The van der Waals surface area contributed by atoms with Crippen LogP contribution in [-0.4, -0.2) is 22.0 Å². The highest BCUT2D eigenvalue weighted by atomic mass is 28.2. The number of unbranched alkanes of at least 4 members (excludes halogenated alkanes) is 1. The molecule has 0 heterocycles. The van der Waals surface area contributed by atoms with Crippen molar-refractivity contribution in [2.75, 3.05) is 0 Å². The van der Waals surface area contributed by atoms with Gasteiger partial charge in [0.1, 0.15) is 0 Å². The Balaban J connectivity index is 3.25. The van der Waals surface area contributed by atoms with Gasteiger partial charge < -0.3 is 4.43 Å². The van der Waals surface area contributed by atoms with Crippen molar-refractivity contribution in [2.45, 2.75) is 64.3 Å². The lowest BCUT2D eigenvalue weighted by atomic mass is 10.2. The second-order valence-electron chi connectivity index (χ2n) is 3.74. The van der Waals surface area contributed by atoms with Gasteiger partial charge in [-0.1, -0.05) is 20.3 Å². The first kappa shape index (κ1) is 15.0. The van der Waals surface area contributed by atoms with E-state index in [1.54, 1.807) is 0 Å². The molecule has 92 valence electrons. The van der Waals surface area contributed by atoms with Crippen LogP contribution in [0.2, 0.25) is 6.04 Å². The Hall–Kier alpha value is -0.0331. The van der Waals surface area contributed by atoms with Crippen molar-refractivity contribution >= 4 is 9.76 Å². The molecule has 1 nitrogen and oxygen atoms in total. The van der Waals surface area contributed by atoms with Crippen molar-refractivity contribution in [1.82, 2.24) is 0 Å². The van der Waals surface area contributed by atoms with Gasteiger partial charge in [0.25, 0.3) is 0 Å². The van der Waals surface area contributed by atoms with Crippen LogP contribution < -0.4 is 0 Å². The average Bonchev–Trinajstić information content (AvgIpc) is 2.15. The lowest BCUT2D eigenvalue weighted by molar-refractivity contribution is -0.135. The topological polar surface area (TPSA) is 9.23 Å². The van der Waals surface area contributed by atoms with Crippen molar-refractivity contribution in [2.24, 2.45) is 0 Å². The first-order valence-corrected chi connectivity index (χ1v) is 7.25. The lowest BCUT2D eigenvalue weighted by Crippen LogP contribution is -2.13. The highest BCUT2D eigenvalue weighted by Crippen LogP contribution is 2.22. The minimum atomic E-state index is -3.99. The Labute approximate surface area is 92.3 Å². The molecule has 0 bridgehead atoms. The summed E-state index contributed by atoms with van der Waals surface area (Å²) >= 11 is 0. The summed E-state index contributed by atoms with van der Waals surface area (Å²) in [4.78, 5) is 0. The highest BCUT2D eigenvalue weighted by Gasteiger charge is 2.25. The molecule has 15 heavy (non-hydrogen) atoms. The van der Waals surface area contributed by atoms with E-state index < -0.39 is 22.4 Å². The molecule has 0 atom stereocenters. The maximum absolute atomic E-state index is 11.8. The third-order valence-electron chi connectivity index (χ3n) is 2.37. The molecule has 0 rings (SSSR count). The number of alkyl halides is 3. The maximum atomic E-state index is 11.8. The number of halogens is 3. The fourth-order valence-corrected chi connectivity index (χ4v) is 2.91. The Morgan fingerprint density at radius 1 is 1.13 bits per heavy atom. The fourth-order valence-electron chi connectivity index (χ4n) is 1.38. The van der Waals surface area contributed by atoms with E-state index in [-0.39, 0.29) is 6.42 Å². The summed E-state index contributed by atoms with van der Waals surface area (Å²) in [5, 5.41) is 0. The van der Waals surface area contributed by atoms with Crippen molar-refractivity contribution in [3.8, 4) is 0 Å². The molecular weight excluding hydrogens is 221 g/mol. The number of hydrogen-bond donors (Lipinski definition) is 0. The van der Waals surface area contributed by atoms with E-state index in [2.05, 4.69) is 13.8 Å². The van der Waals surface area contributed by atoms with E-state index in [9.17, 15) is 13.2 Å². The molecule has 5 heteroatoms. The third kappa shape index (κ3) is 10.3. The Kier molecular flexibility index (Phi) is 8.14. The summed E-state index contributed by atoms with van der Waals surface area (Å²) in [5.74, 6) is 0. The quantitative estimate of drug-likeness (QED) is 0.468. The zero-order valence-corrected chi connectivity index (χ0v) is 11.0. The van der Waals surface area contributed by atoms with E-state index >= 15 is 0 Å². The monoisotopic (exact) mass is 242 g/mol. The molecule has 0 saturated heterocycles. The van der Waals surface area contributed by atoms with Crippen LogP contribution in [0.15, 0.2) is 0 Å². The lowest BCUT2D eigenvalue weighted by Gasteiger charge is -2.13. The van der Waals surface area contributed by atoms with E-state index in [4.69, 9.17) is 4.43 Å². The van der Waals surface area contributed by atoms with Crippen LogP contribution in [0.5, 0.6) is 0 Å². The zero-order chi connectivity index (χ0) is 11.7. The van der Waals surface area contributed by atoms with Gasteiger partial charge in [0.2, 0.25) is 0 Å². The molecule has 0 aliphatic heterocycles. The number of rotatable bonds is 8.